The van der Waals surface area contributed by atoms with Gasteiger partial charge < -0.3 is 9.32 Å². The van der Waals surface area contributed by atoms with Gasteiger partial charge in [-0.3, -0.25) is 4.90 Å². The lowest BCUT2D eigenvalue weighted by Crippen LogP contribution is -2.52. The summed E-state index contributed by atoms with van der Waals surface area (Å²) in [5, 5.41) is 0. The van der Waals surface area contributed by atoms with Gasteiger partial charge in [-0.2, -0.15) is 0 Å². The first-order valence-electron chi connectivity index (χ1n) is 8.99. The Bertz CT molecular complexity index is 703. The first kappa shape index (κ1) is 15.6. The SMILES string of the molecule is Cc1cccc(N2CCC3(CCCN3Cc3coc(C)n3)CC2)n1. The number of pyridine rings is 1. The van der Waals surface area contributed by atoms with Crippen LogP contribution in [0.3, 0.4) is 0 Å². The Morgan fingerprint density at radius 1 is 1.08 bits per heavy atom. The molecule has 2 aromatic heterocycles. The molecular weight excluding hydrogens is 300 g/mol. The monoisotopic (exact) mass is 326 g/mol. The Morgan fingerprint density at radius 2 is 1.92 bits per heavy atom. The molecule has 4 rings (SSSR count). The van der Waals surface area contributed by atoms with Crippen molar-refractivity contribution in [3.63, 3.8) is 0 Å². The number of hydrogen-bond acceptors (Lipinski definition) is 5. The lowest BCUT2D eigenvalue weighted by molar-refractivity contribution is 0.0983. The van der Waals surface area contributed by atoms with E-state index in [1.54, 1.807) is 0 Å². The molecule has 2 saturated heterocycles. The van der Waals surface area contributed by atoms with Gasteiger partial charge in [0, 0.05) is 37.8 Å². The van der Waals surface area contributed by atoms with Gasteiger partial charge in [-0.05, 0) is 51.3 Å². The van der Waals surface area contributed by atoms with Crippen molar-refractivity contribution >= 4 is 5.82 Å². The van der Waals surface area contributed by atoms with Crippen LogP contribution < -0.4 is 4.90 Å². The van der Waals surface area contributed by atoms with Gasteiger partial charge in [0.05, 0.1) is 5.69 Å². The minimum Gasteiger partial charge on any atom is -0.449 e. The van der Waals surface area contributed by atoms with Crippen LogP contribution in [0.2, 0.25) is 0 Å². The Labute approximate surface area is 143 Å². The third kappa shape index (κ3) is 2.93. The highest BCUT2D eigenvalue weighted by molar-refractivity contribution is 5.40. The lowest BCUT2D eigenvalue weighted by Gasteiger charge is -2.45. The number of hydrogen-bond donors (Lipinski definition) is 0. The average Bonchev–Trinajstić information content (AvgIpc) is 3.16. The Hall–Kier alpha value is -1.88. The number of aromatic nitrogens is 2. The van der Waals surface area contributed by atoms with E-state index in [1.165, 1.54) is 32.2 Å². The van der Waals surface area contributed by atoms with Crippen LogP contribution in [0.1, 0.15) is 43.0 Å². The van der Waals surface area contributed by atoms with Gasteiger partial charge in [-0.15, -0.1) is 0 Å². The van der Waals surface area contributed by atoms with Crippen LogP contribution >= 0.6 is 0 Å². The predicted octanol–water partition coefficient (Wildman–Crippen LogP) is 3.32. The van der Waals surface area contributed by atoms with Gasteiger partial charge >= 0.3 is 0 Å². The summed E-state index contributed by atoms with van der Waals surface area (Å²) in [6.07, 6.45) is 6.82. The Morgan fingerprint density at radius 3 is 2.62 bits per heavy atom. The van der Waals surface area contributed by atoms with Gasteiger partial charge in [-0.25, -0.2) is 9.97 Å². The smallest absolute Gasteiger partial charge is 0.191 e. The summed E-state index contributed by atoms with van der Waals surface area (Å²) >= 11 is 0. The molecule has 2 aliphatic rings. The van der Waals surface area contributed by atoms with E-state index in [1.807, 2.05) is 13.2 Å². The van der Waals surface area contributed by atoms with Crippen molar-refractivity contribution in [3.05, 3.63) is 41.7 Å². The number of likely N-dealkylation sites (tertiary alicyclic amines) is 1. The zero-order valence-electron chi connectivity index (χ0n) is 14.7. The Balaban J connectivity index is 1.44. The maximum atomic E-state index is 5.38. The van der Waals surface area contributed by atoms with Crippen LogP contribution in [0.25, 0.3) is 0 Å². The molecule has 0 unspecified atom stereocenters. The summed E-state index contributed by atoms with van der Waals surface area (Å²) in [5.74, 6) is 1.89. The summed E-state index contributed by atoms with van der Waals surface area (Å²) in [7, 11) is 0. The zero-order chi connectivity index (χ0) is 16.6. The maximum absolute atomic E-state index is 5.38. The van der Waals surface area contributed by atoms with E-state index in [0.29, 0.717) is 5.54 Å². The zero-order valence-corrected chi connectivity index (χ0v) is 14.7. The van der Waals surface area contributed by atoms with Gasteiger partial charge in [0.1, 0.15) is 12.1 Å². The largest absolute Gasteiger partial charge is 0.449 e. The molecule has 5 nitrogen and oxygen atoms in total. The number of nitrogens with zero attached hydrogens (tertiary/aromatic N) is 4. The molecule has 2 fully saturated rings. The standard InChI is InChI=1S/C19H26N4O/c1-15-5-3-6-18(20-15)22-11-8-19(9-12-22)7-4-10-23(19)13-17-14-24-16(2)21-17/h3,5-6,14H,4,7-13H2,1-2H3. The van der Waals surface area contributed by atoms with Crippen LogP contribution in [0.5, 0.6) is 0 Å². The highest BCUT2D eigenvalue weighted by Gasteiger charge is 2.43. The van der Waals surface area contributed by atoms with Crippen molar-refractivity contribution in [3.8, 4) is 0 Å². The molecule has 4 heterocycles. The molecule has 0 N–H and O–H groups in total. The van der Waals surface area contributed by atoms with Crippen molar-refractivity contribution in [1.82, 2.24) is 14.9 Å². The van der Waals surface area contributed by atoms with Gasteiger partial charge in [-0.1, -0.05) is 6.07 Å². The van der Waals surface area contributed by atoms with Crippen molar-refractivity contribution in [2.75, 3.05) is 24.5 Å². The quantitative estimate of drug-likeness (QED) is 0.866. The third-order valence-electron chi connectivity index (χ3n) is 5.65. The van der Waals surface area contributed by atoms with Crippen molar-refractivity contribution in [2.24, 2.45) is 0 Å². The molecule has 0 aliphatic carbocycles. The van der Waals surface area contributed by atoms with Gasteiger partial charge in [0.2, 0.25) is 0 Å². The van der Waals surface area contributed by atoms with Crippen LogP contribution in [-0.4, -0.2) is 40.0 Å². The highest BCUT2D eigenvalue weighted by Crippen LogP contribution is 2.40. The number of aryl methyl sites for hydroxylation is 2. The summed E-state index contributed by atoms with van der Waals surface area (Å²) in [5.41, 5.74) is 2.50. The maximum Gasteiger partial charge on any atom is 0.191 e. The average molecular weight is 326 g/mol. The number of piperidine rings is 1. The normalized spacial score (nSPS) is 20.8. The van der Waals surface area contributed by atoms with E-state index in [4.69, 9.17) is 9.40 Å². The number of anilines is 1. The van der Waals surface area contributed by atoms with Crippen LogP contribution in [0.15, 0.2) is 28.9 Å². The van der Waals surface area contributed by atoms with E-state index in [2.05, 4.69) is 39.9 Å². The van der Waals surface area contributed by atoms with E-state index >= 15 is 0 Å². The van der Waals surface area contributed by atoms with Gasteiger partial charge in [0.25, 0.3) is 0 Å². The molecule has 0 bridgehead atoms. The summed E-state index contributed by atoms with van der Waals surface area (Å²) in [4.78, 5) is 14.3. The molecule has 5 heteroatoms. The summed E-state index contributed by atoms with van der Waals surface area (Å²) < 4.78 is 5.38. The van der Waals surface area contributed by atoms with E-state index in [9.17, 15) is 0 Å². The Kier molecular flexibility index (Phi) is 4.04. The molecule has 2 aromatic rings. The summed E-state index contributed by atoms with van der Waals surface area (Å²) in [6.45, 7) is 8.24. The first-order valence-corrected chi connectivity index (χ1v) is 8.99. The highest BCUT2D eigenvalue weighted by atomic mass is 16.3. The lowest BCUT2D eigenvalue weighted by atomic mass is 9.85. The van der Waals surface area contributed by atoms with E-state index in [-0.39, 0.29) is 0 Å². The first-order chi connectivity index (χ1) is 11.6. The predicted molar refractivity (Wildman–Crippen MR) is 94.0 cm³/mol. The fraction of sp³-hybridized carbons (Fsp3) is 0.579. The topological polar surface area (TPSA) is 45.4 Å². The molecule has 24 heavy (non-hydrogen) atoms. The second-order valence-electron chi connectivity index (χ2n) is 7.23. The fourth-order valence-corrected chi connectivity index (χ4v) is 4.34. The molecule has 0 atom stereocenters. The van der Waals surface area contributed by atoms with E-state index in [0.717, 1.165) is 42.7 Å². The summed E-state index contributed by atoms with van der Waals surface area (Å²) in [6, 6.07) is 6.31. The molecule has 0 amide bonds. The van der Waals surface area contributed by atoms with Crippen molar-refractivity contribution in [2.45, 2.75) is 51.6 Å². The molecule has 0 radical (unpaired) electrons. The van der Waals surface area contributed by atoms with Crippen LogP contribution in [0.4, 0.5) is 5.82 Å². The fourth-order valence-electron chi connectivity index (χ4n) is 4.34. The minimum atomic E-state index is 0.340. The van der Waals surface area contributed by atoms with Crippen molar-refractivity contribution in [1.29, 1.82) is 0 Å². The van der Waals surface area contributed by atoms with Gasteiger partial charge in [0.15, 0.2) is 5.89 Å². The molecule has 128 valence electrons. The third-order valence-corrected chi connectivity index (χ3v) is 5.65. The van der Waals surface area contributed by atoms with Crippen molar-refractivity contribution < 1.29 is 4.42 Å². The molecule has 0 saturated carbocycles. The molecule has 2 aliphatic heterocycles. The van der Waals surface area contributed by atoms with E-state index < -0.39 is 0 Å². The van der Waals surface area contributed by atoms with Crippen LogP contribution in [0, 0.1) is 13.8 Å². The second kappa shape index (κ2) is 6.20. The molecule has 0 aromatic carbocycles. The number of rotatable bonds is 3. The minimum absolute atomic E-state index is 0.340. The molecule has 1 spiro atoms. The second-order valence-corrected chi connectivity index (χ2v) is 7.23. The number of oxazole rings is 1. The van der Waals surface area contributed by atoms with Crippen LogP contribution in [-0.2, 0) is 6.54 Å². The molecular formula is C19H26N4O.